The zero-order valence-electron chi connectivity index (χ0n) is 14.3. The molecule has 1 fully saturated rings. The van der Waals surface area contributed by atoms with Crippen molar-refractivity contribution in [3.8, 4) is 5.75 Å². The summed E-state index contributed by atoms with van der Waals surface area (Å²) in [7, 11) is 0. The minimum absolute atomic E-state index is 0. The number of thiazole rings is 1. The lowest BCUT2D eigenvalue weighted by atomic mass is 10.1. The number of carbonyl (C=O) groups excluding carboxylic acids is 1. The molecule has 0 spiro atoms. The third kappa shape index (κ3) is 5.54. The summed E-state index contributed by atoms with van der Waals surface area (Å²) in [4.78, 5) is 19.5. The van der Waals surface area contributed by atoms with E-state index in [1.54, 1.807) is 12.1 Å². The van der Waals surface area contributed by atoms with Gasteiger partial charge in [-0.25, -0.2) is 9.37 Å². The molecular formula is C17H22Cl2FN3O2S. The van der Waals surface area contributed by atoms with E-state index >= 15 is 0 Å². The highest BCUT2D eigenvalue weighted by molar-refractivity contribution is 7.13. The lowest BCUT2D eigenvalue weighted by molar-refractivity contribution is 0.0718. The summed E-state index contributed by atoms with van der Waals surface area (Å²) < 4.78 is 18.5. The van der Waals surface area contributed by atoms with Crippen molar-refractivity contribution >= 4 is 42.1 Å². The number of amides is 1. The van der Waals surface area contributed by atoms with Crippen LogP contribution in [0, 0.1) is 12.7 Å². The molecule has 1 amide bonds. The topological polar surface area (TPSA) is 68.5 Å². The summed E-state index contributed by atoms with van der Waals surface area (Å²) in [6, 6.07) is 6.02. The summed E-state index contributed by atoms with van der Waals surface area (Å²) in [5.74, 6) is 0.286. The first-order valence-corrected chi connectivity index (χ1v) is 8.74. The Bertz CT molecular complexity index is 719. The molecule has 26 heavy (non-hydrogen) atoms. The Morgan fingerprint density at radius 1 is 1.31 bits per heavy atom. The van der Waals surface area contributed by atoms with Gasteiger partial charge in [0, 0.05) is 19.1 Å². The molecule has 2 N–H and O–H groups in total. The molecule has 5 nitrogen and oxygen atoms in total. The van der Waals surface area contributed by atoms with Crippen LogP contribution in [-0.2, 0) is 6.61 Å². The number of hydrogen-bond donors (Lipinski definition) is 1. The highest BCUT2D eigenvalue weighted by Gasteiger charge is 2.25. The Kier molecular flexibility index (Phi) is 8.76. The maximum Gasteiger partial charge on any atom is 0.265 e. The molecule has 1 aromatic carbocycles. The number of nitrogens with zero attached hydrogens (tertiary/aromatic N) is 2. The van der Waals surface area contributed by atoms with Crippen molar-refractivity contribution in [2.75, 3.05) is 13.1 Å². The third-order valence-electron chi connectivity index (χ3n) is 4.04. The van der Waals surface area contributed by atoms with Gasteiger partial charge in [0.2, 0.25) is 0 Å². The predicted octanol–water partition coefficient (Wildman–Crippen LogP) is 3.58. The van der Waals surface area contributed by atoms with Gasteiger partial charge in [-0.05, 0) is 44.0 Å². The van der Waals surface area contributed by atoms with E-state index in [2.05, 4.69) is 4.98 Å². The maximum absolute atomic E-state index is 12.9. The molecule has 9 heteroatoms. The van der Waals surface area contributed by atoms with Crippen LogP contribution >= 0.6 is 36.2 Å². The summed E-state index contributed by atoms with van der Waals surface area (Å²) in [5, 5.41) is 0.730. The van der Waals surface area contributed by atoms with Gasteiger partial charge in [0.1, 0.15) is 28.1 Å². The smallest absolute Gasteiger partial charge is 0.265 e. The summed E-state index contributed by atoms with van der Waals surface area (Å²) in [6.45, 7) is 3.48. The molecule has 3 rings (SSSR count). The Labute approximate surface area is 168 Å². The van der Waals surface area contributed by atoms with Crippen molar-refractivity contribution in [3.63, 3.8) is 0 Å². The van der Waals surface area contributed by atoms with Crippen LogP contribution in [0.15, 0.2) is 24.3 Å². The molecule has 1 aromatic heterocycles. The predicted molar refractivity (Wildman–Crippen MR) is 105 cm³/mol. The van der Waals surface area contributed by atoms with Crippen LogP contribution < -0.4 is 10.5 Å². The van der Waals surface area contributed by atoms with Gasteiger partial charge in [-0.3, -0.25) is 4.79 Å². The van der Waals surface area contributed by atoms with Gasteiger partial charge in [0.15, 0.2) is 0 Å². The fraction of sp³-hybridized carbons (Fsp3) is 0.412. The van der Waals surface area contributed by atoms with E-state index in [1.165, 1.54) is 23.5 Å². The molecule has 0 bridgehead atoms. The molecule has 144 valence electrons. The summed E-state index contributed by atoms with van der Waals surface area (Å²) in [5.41, 5.74) is 6.61. The van der Waals surface area contributed by atoms with Crippen molar-refractivity contribution < 1.29 is 13.9 Å². The number of halogens is 3. The van der Waals surface area contributed by atoms with Crippen molar-refractivity contribution in [1.82, 2.24) is 9.88 Å². The van der Waals surface area contributed by atoms with Gasteiger partial charge in [0.25, 0.3) is 5.91 Å². The van der Waals surface area contributed by atoms with Crippen LogP contribution in [-0.4, -0.2) is 34.9 Å². The monoisotopic (exact) mass is 421 g/mol. The van der Waals surface area contributed by atoms with E-state index in [1.807, 2.05) is 11.8 Å². The zero-order valence-corrected chi connectivity index (χ0v) is 16.8. The third-order valence-corrected chi connectivity index (χ3v) is 5.16. The molecule has 0 radical (unpaired) electrons. The van der Waals surface area contributed by atoms with Gasteiger partial charge < -0.3 is 15.4 Å². The first-order chi connectivity index (χ1) is 11.5. The molecule has 0 aliphatic carbocycles. The Morgan fingerprint density at radius 3 is 2.54 bits per heavy atom. The highest BCUT2D eigenvalue weighted by atomic mass is 35.5. The Balaban J connectivity index is 0.00000169. The number of hydrogen-bond acceptors (Lipinski definition) is 5. The van der Waals surface area contributed by atoms with Crippen molar-refractivity contribution in [2.24, 2.45) is 5.73 Å². The second-order valence-electron chi connectivity index (χ2n) is 5.89. The van der Waals surface area contributed by atoms with E-state index in [4.69, 9.17) is 10.5 Å². The molecule has 0 atom stereocenters. The van der Waals surface area contributed by atoms with Crippen LogP contribution in [0.2, 0.25) is 0 Å². The summed E-state index contributed by atoms with van der Waals surface area (Å²) >= 11 is 1.35. The Morgan fingerprint density at radius 2 is 1.92 bits per heavy atom. The maximum atomic E-state index is 12.9. The van der Waals surface area contributed by atoms with Crippen molar-refractivity contribution in [1.29, 1.82) is 0 Å². The number of aryl methyl sites for hydroxylation is 1. The van der Waals surface area contributed by atoms with Crippen LogP contribution in [0.1, 0.15) is 33.2 Å². The van der Waals surface area contributed by atoms with Crippen LogP contribution in [0.4, 0.5) is 4.39 Å². The van der Waals surface area contributed by atoms with E-state index in [0.717, 1.165) is 23.5 Å². The largest absolute Gasteiger partial charge is 0.486 e. The van der Waals surface area contributed by atoms with Gasteiger partial charge in [-0.1, -0.05) is 0 Å². The minimum Gasteiger partial charge on any atom is -0.486 e. The second-order valence-corrected chi connectivity index (χ2v) is 6.98. The molecule has 1 saturated heterocycles. The van der Waals surface area contributed by atoms with Gasteiger partial charge in [0.05, 0.1) is 5.69 Å². The number of aromatic nitrogens is 1. The normalized spacial score (nSPS) is 14.3. The fourth-order valence-corrected chi connectivity index (χ4v) is 3.58. The van der Waals surface area contributed by atoms with Gasteiger partial charge in [-0.15, -0.1) is 36.2 Å². The standard InChI is InChI=1S/C17H20FN3O2S.2ClH/c1-11-16(17(22)21-8-6-13(19)7-9-21)24-15(20-11)10-23-14-4-2-12(18)3-5-14;;/h2-5,13H,6-10,19H2,1H3;2*1H. The van der Waals surface area contributed by atoms with E-state index in [0.29, 0.717) is 23.7 Å². The number of piperidine rings is 1. The number of likely N-dealkylation sites (tertiary alicyclic amines) is 1. The lowest BCUT2D eigenvalue weighted by Gasteiger charge is -2.29. The lowest BCUT2D eigenvalue weighted by Crippen LogP contribution is -2.42. The van der Waals surface area contributed by atoms with Gasteiger partial charge in [-0.2, -0.15) is 0 Å². The first kappa shape index (κ1) is 22.6. The minimum atomic E-state index is -0.304. The quantitative estimate of drug-likeness (QED) is 0.818. The molecule has 2 heterocycles. The number of nitrogens with two attached hydrogens (primary N) is 1. The Hall–Kier alpha value is -1.41. The molecule has 2 aromatic rings. The van der Waals surface area contributed by atoms with Crippen molar-refractivity contribution in [3.05, 3.63) is 45.7 Å². The van der Waals surface area contributed by atoms with E-state index < -0.39 is 0 Å². The summed E-state index contributed by atoms with van der Waals surface area (Å²) in [6.07, 6.45) is 1.67. The van der Waals surface area contributed by atoms with Crippen molar-refractivity contribution in [2.45, 2.75) is 32.4 Å². The number of benzene rings is 1. The van der Waals surface area contributed by atoms with E-state index in [9.17, 15) is 9.18 Å². The van der Waals surface area contributed by atoms with Gasteiger partial charge >= 0.3 is 0 Å². The number of rotatable bonds is 4. The average Bonchev–Trinajstić information content (AvgIpc) is 2.95. The molecule has 0 unspecified atom stereocenters. The zero-order chi connectivity index (χ0) is 17.1. The molecule has 1 aliphatic rings. The van der Waals surface area contributed by atoms with Crippen LogP contribution in [0.5, 0.6) is 5.75 Å². The molecular weight excluding hydrogens is 400 g/mol. The van der Waals surface area contributed by atoms with Crippen LogP contribution in [0.25, 0.3) is 0 Å². The second kappa shape index (κ2) is 10.1. The molecule has 1 aliphatic heterocycles. The SMILES string of the molecule is Cc1nc(COc2ccc(F)cc2)sc1C(=O)N1CCC(N)CC1.Cl.Cl. The molecule has 0 saturated carbocycles. The number of ether oxygens (including phenoxy) is 1. The van der Waals surface area contributed by atoms with E-state index in [-0.39, 0.29) is 49.2 Å². The number of carbonyl (C=O) groups is 1. The average molecular weight is 422 g/mol. The first-order valence-electron chi connectivity index (χ1n) is 7.92. The van der Waals surface area contributed by atoms with Crippen LogP contribution in [0.3, 0.4) is 0 Å². The fourth-order valence-electron chi connectivity index (χ4n) is 2.63. The highest BCUT2D eigenvalue weighted by Crippen LogP contribution is 2.23.